The van der Waals surface area contributed by atoms with E-state index in [0.29, 0.717) is 24.0 Å². The summed E-state index contributed by atoms with van der Waals surface area (Å²) in [6, 6.07) is 9.82. The van der Waals surface area contributed by atoms with E-state index in [-0.39, 0.29) is 5.91 Å². The fourth-order valence-corrected chi connectivity index (χ4v) is 3.66. The predicted molar refractivity (Wildman–Crippen MR) is 106 cm³/mol. The largest absolute Gasteiger partial charge is 0.384 e. The van der Waals surface area contributed by atoms with Gasteiger partial charge >= 0.3 is 0 Å². The number of nitrogens with two attached hydrogens (primary N) is 2. The lowest BCUT2D eigenvalue weighted by Crippen LogP contribution is -2.33. The second kappa shape index (κ2) is 8.92. The van der Waals surface area contributed by atoms with Crippen molar-refractivity contribution in [3.8, 4) is 0 Å². The molecule has 0 bridgehead atoms. The molecule has 1 aliphatic heterocycles. The Morgan fingerprint density at radius 3 is 2.93 bits per heavy atom. The van der Waals surface area contributed by atoms with E-state index in [4.69, 9.17) is 11.5 Å². The maximum Gasteiger partial charge on any atom is 0.248 e. The Bertz CT molecular complexity index is 781. The molecule has 1 saturated heterocycles. The monoisotopic (exact) mass is 368 g/mol. The van der Waals surface area contributed by atoms with Crippen molar-refractivity contribution >= 4 is 11.7 Å². The molecule has 1 amide bonds. The predicted octanol–water partition coefficient (Wildman–Crippen LogP) is 1.64. The molecule has 1 aliphatic rings. The summed E-state index contributed by atoms with van der Waals surface area (Å²) in [6.07, 6.45) is 5.09. The van der Waals surface area contributed by atoms with Crippen molar-refractivity contribution in [2.75, 3.05) is 25.9 Å². The summed E-state index contributed by atoms with van der Waals surface area (Å²) in [4.78, 5) is 24.8. The average Bonchev–Trinajstić information content (AvgIpc) is 2.87. The molecule has 0 saturated carbocycles. The molecule has 2 aromatic rings. The van der Waals surface area contributed by atoms with Gasteiger partial charge < -0.3 is 11.5 Å². The SMILES string of the molecule is CN(Cc1nccc(N)n1)[C@H]1CCCN(Cc2cccc(C(N)=O)c2)CC1. The highest BCUT2D eigenvalue weighted by molar-refractivity contribution is 5.92. The number of likely N-dealkylation sites (tertiary alicyclic amines) is 1. The average molecular weight is 368 g/mol. The van der Waals surface area contributed by atoms with Crippen LogP contribution >= 0.6 is 0 Å². The zero-order valence-electron chi connectivity index (χ0n) is 15.8. The Hall–Kier alpha value is -2.51. The lowest BCUT2D eigenvalue weighted by atomic mass is 10.1. The van der Waals surface area contributed by atoms with Crippen LogP contribution in [0.15, 0.2) is 36.5 Å². The van der Waals surface area contributed by atoms with Gasteiger partial charge in [-0.3, -0.25) is 14.6 Å². The Labute approximate surface area is 160 Å². The Morgan fingerprint density at radius 1 is 1.30 bits per heavy atom. The Balaban J connectivity index is 1.55. The Kier molecular flexibility index (Phi) is 6.36. The molecule has 1 fully saturated rings. The van der Waals surface area contributed by atoms with Gasteiger partial charge in [-0.25, -0.2) is 9.97 Å². The molecule has 0 unspecified atom stereocenters. The topological polar surface area (TPSA) is 101 Å². The summed E-state index contributed by atoms with van der Waals surface area (Å²) < 4.78 is 0. The van der Waals surface area contributed by atoms with Crippen LogP contribution in [-0.2, 0) is 13.1 Å². The number of aromatic nitrogens is 2. The number of rotatable bonds is 6. The van der Waals surface area contributed by atoms with E-state index in [1.807, 2.05) is 12.1 Å². The van der Waals surface area contributed by atoms with E-state index in [1.165, 1.54) is 0 Å². The number of benzene rings is 1. The molecule has 1 aromatic heterocycles. The highest BCUT2D eigenvalue weighted by atomic mass is 16.1. The summed E-state index contributed by atoms with van der Waals surface area (Å²) in [5, 5.41) is 0. The van der Waals surface area contributed by atoms with Crippen LogP contribution in [0.1, 0.15) is 41.0 Å². The molecule has 2 heterocycles. The van der Waals surface area contributed by atoms with Gasteiger partial charge in [-0.1, -0.05) is 12.1 Å². The summed E-state index contributed by atoms with van der Waals surface area (Å²) in [5.41, 5.74) is 12.8. The first-order valence-electron chi connectivity index (χ1n) is 9.40. The molecule has 4 N–H and O–H groups in total. The fraction of sp³-hybridized carbons (Fsp3) is 0.450. The maximum atomic E-state index is 11.4. The number of nitrogens with zero attached hydrogens (tertiary/aromatic N) is 4. The highest BCUT2D eigenvalue weighted by Gasteiger charge is 2.21. The molecular formula is C20H28N6O. The molecule has 7 heteroatoms. The minimum Gasteiger partial charge on any atom is -0.384 e. The first kappa shape index (κ1) is 19.3. The van der Waals surface area contributed by atoms with Crippen LogP contribution in [0.5, 0.6) is 0 Å². The molecule has 27 heavy (non-hydrogen) atoms. The van der Waals surface area contributed by atoms with Crippen molar-refractivity contribution in [2.24, 2.45) is 5.73 Å². The molecule has 0 radical (unpaired) electrons. The van der Waals surface area contributed by atoms with Crippen LogP contribution in [0.25, 0.3) is 0 Å². The van der Waals surface area contributed by atoms with Gasteiger partial charge in [0.1, 0.15) is 11.6 Å². The van der Waals surface area contributed by atoms with Gasteiger partial charge in [-0.05, 0) is 63.2 Å². The van der Waals surface area contributed by atoms with Gasteiger partial charge in [0.2, 0.25) is 5.91 Å². The first-order valence-corrected chi connectivity index (χ1v) is 9.40. The number of nitrogen functional groups attached to an aromatic ring is 1. The standard InChI is InChI=1S/C20H28N6O/c1-25(14-19-23-9-7-18(21)24-19)17-6-3-10-26(11-8-17)13-15-4-2-5-16(12-15)20(22)27/h2,4-5,7,9,12,17H,3,6,8,10-11,13-14H2,1H3,(H2,22,27)(H2,21,23,24)/t17-/m0/s1. The quantitative estimate of drug-likeness (QED) is 0.804. The van der Waals surface area contributed by atoms with E-state index in [1.54, 1.807) is 18.3 Å². The van der Waals surface area contributed by atoms with Crippen LogP contribution in [0.4, 0.5) is 5.82 Å². The normalized spacial score (nSPS) is 18.4. The summed E-state index contributed by atoms with van der Waals surface area (Å²) >= 11 is 0. The lowest BCUT2D eigenvalue weighted by molar-refractivity contribution is 0.1000. The van der Waals surface area contributed by atoms with E-state index in [2.05, 4.69) is 32.9 Å². The summed E-state index contributed by atoms with van der Waals surface area (Å²) in [6.45, 7) is 3.62. The first-order chi connectivity index (χ1) is 13.0. The second-order valence-corrected chi connectivity index (χ2v) is 7.24. The van der Waals surface area contributed by atoms with Gasteiger partial charge in [0.15, 0.2) is 0 Å². The number of hydrogen-bond acceptors (Lipinski definition) is 6. The molecule has 0 aliphatic carbocycles. The number of carbonyl (C=O) groups is 1. The van der Waals surface area contributed by atoms with Gasteiger partial charge in [-0.15, -0.1) is 0 Å². The molecule has 3 rings (SSSR count). The van der Waals surface area contributed by atoms with Crippen LogP contribution in [-0.4, -0.2) is 51.9 Å². The van der Waals surface area contributed by atoms with E-state index < -0.39 is 0 Å². The second-order valence-electron chi connectivity index (χ2n) is 7.24. The third kappa shape index (κ3) is 5.48. The summed E-state index contributed by atoms with van der Waals surface area (Å²) in [5.74, 6) is 0.902. The molecule has 0 spiro atoms. The highest BCUT2D eigenvalue weighted by Crippen LogP contribution is 2.19. The van der Waals surface area contributed by atoms with Crippen molar-refractivity contribution in [3.63, 3.8) is 0 Å². The van der Waals surface area contributed by atoms with E-state index in [0.717, 1.165) is 50.3 Å². The molecule has 1 atom stereocenters. The smallest absolute Gasteiger partial charge is 0.248 e. The van der Waals surface area contributed by atoms with Gasteiger partial charge in [0, 0.05) is 24.3 Å². The van der Waals surface area contributed by atoms with Crippen molar-refractivity contribution in [1.82, 2.24) is 19.8 Å². The van der Waals surface area contributed by atoms with Crippen molar-refractivity contribution < 1.29 is 4.79 Å². The molecule has 1 aromatic carbocycles. The summed E-state index contributed by atoms with van der Waals surface area (Å²) in [7, 11) is 2.13. The van der Waals surface area contributed by atoms with Gasteiger partial charge in [0.25, 0.3) is 0 Å². The minimum atomic E-state index is -0.377. The number of anilines is 1. The molecule has 7 nitrogen and oxygen atoms in total. The maximum absolute atomic E-state index is 11.4. The van der Waals surface area contributed by atoms with Crippen molar-refractivity contribution in [1.29, 1.82) is 0 Å². The van der Waals surface area contributed by atoms with Crippen LogP contribution in [0, 0.1) is 0 Å². The molecule has 144 valence electrons. The molecular weight excluding hydrogens is 340 g/mol. The zero-order chi connectivity index (χ0) is 19.2. The number of primary amides is 1. The lowest BCUT2D eigenvalue weighted by Gasteiger charge is -2.26. The minimum absolute atomic E-state index is 0.377. The third-order valence-electron chi connectivity index (χ3n) is 5.15. The van der Waals surface area contributed by atoms with Gasteiger partial charge in [0.05, 0.1) is 6.54 Å². The van der Waals surface area contributed by atoms with Crippen molar-refractivity contribution in [3.05, 3.63) is 53.5 Å². The third-order valence-corrected chi connectivity index (χ3v) is 5.15. The van der Waals surface area contributed by atoms with E-state index in [9.17, 15) is 4.79 Å². The number of hydrogen-bond donors (Lipinski definition) is 2. The fourth-order valence-electron chi connectivity index (χ4n) is 3.66. The number of amides is 1. The van der Waals surface area contributed by atoms with E-state index >= 15 is 0 Å². The number of carbonyl (C=O) groups excluding carboxylic acids is 1. The van der Waals surface area contributed by atoms with Crippen molar-refractivity contribution in [2.45, 2.75) is 38.4 Å². The van der Waals surface area contributed by atoms with Crippen LogP contribution < -0.4 is 11.5 Å². The zero-order valence-corrected chi connectivity index (χ0v) is 15.8. The van der Waals surface area contributed by atoms with Crippen LogP contribution in [0.3, 0.4) is 0 Å². The van der Waals surface area contributed by atoms with Crippen LogP contribution in [0.2, 0.25) is 0 Å². The van der Waals surface area contributed by atoms with Gasteiger partial charge in [-0.2, -0.15) is 0 Å². The Morgan fingerprint density at radius 2 is 2.15 bits per heavy atom.